The summed E-state index contributed by atoms with van der Waals surface area (Å²) in [7, 11) is 0. The van der Waals surface area contributed by atoms with E-state index in [1.54, 1.807) is 0 Å². The molecule has 0 atom stereocenters. The number of hydrogen-bond donors (Lipinski definition) is 1. The Labute approximate surface area is 169 Å². The van der Waals surface area contributed by atoms with Crippen LogP contribution in [0.25, 0.3) is 0 Å². The highest BCUT2D eigenvalue weighted by molar-refractivity contribution is 5.66. The van der Waals surface area contributed by atoms with Gasteiger partial charge in [0.1, 0.15) is 0 Å². The number of allylic oxidation sites excluding steroid dienone is 2. The minimum absolute atomic E-state index is 0.155. The van der Waals surface area contributed by atoms with Crippen LogP contribution in [0.1, 0.15) is 129 Å². The van der Waals surface area contributed by atoms with Crippen molar-refractivity contribution in [1.29, 1.82) is 0 Å². The highest BCUT2D eigenvalue weighted by Gasteiger charge is 1.94. The second-order valence-corrected chi connectivity index (χ2v) is 7.64. The lowest BCUT2D eigenvalue weighted by molar-refractivity contribution is -0.136. The third-order valence-corrected chi connectivity index (χ3v) is 4.92. The molecule has 0 aliphatic rings. The molecule has 0 fully saturated rings. The van der Waals surface area contributed by atoms with E-state index in [1.807, 2.05) is 0 Å². The average molecular weight is 377 g/mol. The van der Waals surface area contributed by atoms with Crippen molar-refractivity contribution in [2.24, 2.45) is 0 Å². The Kier molecular flexibility index (Phi) is 21.8. The van der Waals surface area contributed by atoms with Gasteiger partial charge in [0.05, 0.1) is 6.42 Å². The second-order valence-electron chi connectivity index (χ2n) is 7.64. The van der Waals surface area contributed by atoms with Crippen LogP contribution >= 0.6 is 0 Å². The number of unbranched alkanes of at least 4 members (excludes halogenated alkanes) is 15. The molecule has 0 spiro atoms. The van der Waals surface area contributed by atoms with Crippen LogP contribution in [0.2, 0.25) is 0 Å². The van der Waals surface area contributed by atoms with Gasteiger partial charge in [0.15, 0.2) is 0 Å². The van der Waals surface area contributed by atoms with E-state index in [9.17, 15) is 4.79 Å². The molecule has 0 heterocycles. The van der Waals surface area contributed by atoms with E-state index in [4.69, 9.17) is 5.11 Å². The molecule has 27 heavy (non-hydrogen) atoms. The summed E-state index contributed by atoms with van der Waals surface area (Å²) in [5.41, 5.74) is 0. The van der Waals surface area contributed by atoms with Crippen molar-refractivity contribution in [3.8, 4) is 11.8 Å². The van der Waals surface area contributed by atoms with Gasteiger partial charge in [-0.25, -0.2) is 0 Å². The Balaban J connectivity index is 3.15. The van der Waals surface area contributed by atoms with E-state index >= 15 is 0 Å². The zero-order valence-electron chi connectivity index (χ0n) is 17.9. The predicted octanol–water partition coefficient (Wildman–Crippen LogP) is 8.06. The van der Waals surface area contributed by atoms with Crippen LogP contribution in [-0.2, 0) is 4.79 Å². The molecule has 0 bridgehead atoms. The molecule has 156 valence electrons. The van der Waals surface area contributed by atoms with E-state index in [0.717, 1.165) is 12.8 Å². The summed E-state index contributed by atoms with van der Waals surface area (Å²) in [6.45, 7) is 2.28. The molecule has 0 aromatic rings. The minimum Gasteiger partial charge on any atom is -0.481 e. The molecule has 0 aromatic heterocycles. The number of rotatable bonds is 19. The van der Waals surface area contributed by atoms with Crippen molar-refractivity contribution in [2.45, 2.75) is 129 Å². The van der Waals surface area contributed by atoms with Gasteiger partial charge < -0.3 is 5.11 Å². The number of hydrogen-bond acceptors (Lipinski definition) is 1. The molecule has 0 rings (SSSR count). The molecule has 0 unspecified atom stereocenters. The van der Waals surface area contributed by atoms with Gasteiger partial charge in [0.25, 0.3) is 0 Å². The molecule has 0 saturated heterocycles. The standard InChI is InChI=1S/C25H44O2/c1-2-3-4-5-6-7-8-9-10-11-12-13-14-15-16-17-18-19-20-21-22-23-24-25(26)27/h17-18H,2-16,19-20,23-24H2,1H3,(H,26,27)/b18-17+. The first kappa shape index (κ1) is 25.8. The van der Waals surface area contributed by atoms with Crippen LogP contribution in [0.3, 0.4) is 0 Å². The lowest BCUT2D eigenvalue weighted by atomic mass is 10.0. The Morgan fingerprint density at radius 3 is 1.63 bits per heavy atom. The molecule has 0 amide bonds. The third-order valence-electron chi connectivity index (χ3n) is 4.92. The minimum atomic E-state index is -0.766. The molecule has 0 aromatic carbocycles. The smallest absolute Gasteiger partial charge is 0.304 e. The normalized spacial score (nSPS) is 10.9. The number of carboxylic acid groups (broad SMARTS) is 1. The number of carbonyl (C=O) groups is 1. The maximum absolute atomic E-state index is 10.3. The average Bonchev–Trinajstić information content (AvgIpc) is 2.65. The zero-order chi connectivity index (χ0) is 19.8. The van der Waals surface area contributed by atoms with E-state index in [-0.39, 0.29) is 6.42 Å². The lowest BCUT2D eigenvalue weighted by Gasteiger charge is -2.02. The summed E-state index contributed by atoms with van der Waals surface area (Å²) in [4.78, 5) is 10.3. The molecule has 0 aliphatic heterocycles. The van der Waals surface area contributed by atoms with Crippen molar-refractivity contribution >= 4 is 5.97 Å². The van der Waals surface area contributed by atoms with Gasteiger partial charge in [-0.2, -0.15) is 0 Å². The molecule has 2 heteroatoms. The summed E-state index contributed by atoms with van der Waals surface area (Å²) < 4.78 is 0. The first-order valence-electron chi connectivity index (χ1n) is 11.6. The zero-order valence-corrected chi connectivity index (χ0v) is 17.9. The highest BCUT2D eigenvalue weighted by Crippen LogP contribution is 2.13. The fourth-order valence-corrected chi connectivity index (χ4v) is 3.19. The van der Waals surface area contributed by atoms with Gasteiger partial charge in [-0.15, -0.1) is 11.8 Å². The summed E-state index contributed by atoms with van der Waals surface area (Å²) in [5.74, 6) is 5.17. The van der Waals surface area contributed by atoms with Crippen molar-refractivity contribution in [3.05, 3.63) is 12.2 Å². The highest BCUT2D eigenvalue weighted by atomic mass is 16.4. The van der Waals surface area contributed by atoms with Crippen molar-refractivity contribution in [1.82, 2.24) is 0 Å². The number of aliphatic carboxylic acids is 1. The predicted molar refractivity (Wildman–Crippen MR) is 118 cm³/mol. The van der Waals surface area contributed by atoms with Crippen molar-refractivity contribution < 1.29 is 9.90 Å². The Bertz CT molecular complexity index is 400. The van der Waals surface area contributed by atoms with Gasteiger partial charge in [0.2, 0.25) is 0 Å². The van der Waals surface area contributed by atoms with Gasteiger partial charge in [-0.05, 0) is 19.3 Å². The van der Waals surface area contributed by atoms with Crippen LogP contribution in [0, 0.1) is 11.8 Å². The summed E-state index contributed by atoms with van der Waals surface area (Å²) in [5, 5.41) is 8.50. The molecule has 0 aliphatic carbocycles. The summed E-state index contributed by atoms with van der Waals surface area (Å²) >= 11 is 0. The van der Waals surface area contributed by atoms with Crippen LogP contribution in [0.5, 0.6) is 0 Å². The summed E-state index contributed by atoms with van der Waals surface area (Å²) in [6.07, 6.45) is 27.9. The first-order chi connectivity index (χ1) is 13.3. The van der Waals surface area contributed by atoms with E-state index in [0.29, 0.717) is 6.42 Å². The topological polar surface area (TPSA) is 37.3 Å². The van der Waals surface area contributed by atoms with E-state index in [1.165, 1.54) is 96.3 Å². The van der Waals surface area contributed by atoms with E-state index < -0.39 is 5.97 Å². The fourth-order valence-electron chi connectivity index (χ4n) is 3.19. The van der Waals surface area contributed by atoms with Crippen LogP contribution in [0.4, 0.5) is 0 Å². The van der Waals surface area contributed by atoms with E-state index in [2.05, 4.69) is 30.9 Å². The maximum Gasteiger partial charge on any atom is 0.304 e. The number of carboxylic acids is 1. The van der Waals surface area contributed by atoms with Gasteiger partial charge in [0, 0.05) is 12.8 Å². The lowest BCUT2D eigenvalue weighted by Crippen LogP contribution is -1.91. The van der Waals surface area contributed by atoms with Gasteiger partial charge in [-0.3, -0.25) is 4.79 Å². The molecule has 2 nitrogen and oxygen atoms in total. The molecule has 1 N–H and O–H groups in total. The third kappa shape index (κ3) is 24.8. The largest absolute Gasteiger partial charge is 0.481 e. The fraction of sp³-hybridized carbons (Fsp3) is 0.800. The van der Waals surface area contributed by atoms with Crippen molar-refractivity contribution in [3.63, 3.8) is 0 Å². The van der Waals surface area contributed by atoms with Crippen LogP contribution in [0.15, 0.2) is 12.2 Å². The van der Waals surface area contributed by atoms with Crippen molar-refractivity contribution in [2.75, 3.05) is 0 Å². The maximum atomic E-state index is 10.3. The molecular formula is C25H44O2. The second kappa shape index (κ2) is 22.8. The SMILES string of the molecule is CCCCCCCCCCCCCCCC/C=C/CCC#CCCC(=O)O. The Hall–Kier alpha value is -1.23. The molecule has 0 saturated carbocycles. The Morgan fingerprint density at radius 1 is 0.667 bits per heavy atom. The molecular weight excluding hydrogens is 332 g/mol. The summed E-state index contributed by atoms with van der Waals surface area (Å²) in [6, 6.07) is 0. The van der Waals surface area contributed by atoms with Crippen LogP contribution < -0.4 is 0 Å². The van der Waals surface area contributed by atoms with Gasteiger partial charge in [-0.1, -0.05) is 103 Å². The first-order valence-corrected chi connectivity index (χ1v) is 11.6. The quantitative estimate of drug-likeness (QED) is 0.141. The Morgan fingerprint density at radius 2 is 1.11 bits per heavy atom. The van der Waals surface area contributed by atoms with Gasteiger partial charge >= 0.3 is 5.97 Å². The monoisotopic (exact) mass is 376 g/mol. The molecule has 0 radical (unpaired) electrons. The van der Waals surface area contributed by atoms with Crippen LogP contribution in [-0.4, -0.2) is 11.1 Å².